The summed E-state index contributed by atoms with van der Waals surface area (Å²) in [7, 11) is 0. The van der Waals surface area contributed by atoms with Crippen molar-refractivity contribution in [2.45, 2.75) is 25.8 Å². The normalized spacial score (nSPS) is 16.7. The van der Waals surface area contributed by atoms with Crippen LogP contribution in [0.3, 0.4) is 0 Å². The van der Waals surface area contributed by atoms with Gasteiger partial charge in [0.1, 0.15) is 5.82 Å². The van der Waals surface area contributed by atoms with Crippen LogP contribution in [0.1, 0.15) is 19.3 Å². The van der Waals surface area contributed by atoms with E-state index in [4.69, 9.17) is 0 Å². The molecule has 2 heterocycles. The van der Waals surface area contributed by atoms with Gasteiger partial charge in [0.25, 0.3) is 0 Å². The van der Waals surface area contributed by atoms with Gasteiger partial charge in [-0.1, -0.05) is 0 Å². The van der Waals surface area contributed by atoms with Crippen LogP contribution in [0.5, 0.6) is 0 Å². The molecule has 0 atom stereocenters. The fourth-order valence-corrected chi connectivity index (χ4v) is 2.84. The maximum Gasteiger partial charge on any atom is 0.123 e. The lowest BCUT2D eigenvalue weighted by molar-refractivity contribution is 0.326. The molecule has 96 valence electrons. The predicted molar refractivity (Wildman–Crippen MR) is 72.2 cm³/mol. The van der Waals surface area contributed by atoms with Gasteiger partial charge in [0.15, 0.2) is 0 Å². The summed E-state index contributed by atoms with van der Waals surface area (Å²) in [5.41, 5.74) is 1.14. The van der Waals surface area contributed by atoms with Crippen LogP contribution < -0.4 is 0 Å². The lowest BCUT2D eigenvalue weighted by atomic mass is 10.2. The Morgan fingerprint density at radius 1 is 1.06 bits per heavy atom. The van der Waals surface area contributed by atoms with Crippen LogP contribution >= 0.6 is 0 Å². The monoisotopic (exact) mass is 246 g/mol. The van der Waals surface area contributed by atoms with Gasteiger partial charge in [-0.2, -0.15) is 0 Å². The van der Waals surface area contributed by atoms with Gasteiger partial charge in [0.05, 0.1) is 0 Å². The third-order valence-corrected chi connectivity index (χ3v) is 3.81. The van der Waals surface area contributed by atoms with Crippen LogP contribution in [-0.2, 0) is 6.54 Å². The molecule has 3 heteroatoms. The van der Waals surface area contributed by atoms with Gasteiger partial charge >= 0.3 is 0 Å². The quantitative estimate of drug-likeness (QED) is 0.804. The molecule has 0 N–H and O–H groups in total. The highest BCUT2D eigenvalue weighted by atomic mass is 19.1. The van der Waals surface area contributed by atoms with E-state index in [0.717, 1.165) is 17.4 Å². The molecule has 0 unspecified atom stereocenters. The minimum atomic E-state index is -0.155. The average molecular weight is 246 g/mol. The Balaban J connectivity index is 1.63. The molecule has 0 spiro atoms. The number of rotatable bonds is 4. The SMILES string of the molecule is Fc1ccc2c(ccn2CCCN2CCCC2)c1. The lowest BCUT2D eigenvalue weighted by Gasteiger charge is -2.14. The molecule has 0 aliphatic carbocycles. The number of hydrogen-bond donors (Lipinski definition) is 0. The summed E-state index contributed by atoms with van der Waals surface area (Å²) in [5, 5.41) is 0.996. The predicted octanol–water partition coefficient (Wildman–Crippen LogP) is 3.27. The Hall–Kier alpha value is -1.35. The van der Waals surface area contributed by atoms with E-state index in [0.29, 0.717) is 0 Å². The Kier molecular flexibility index (Phi) is 3.33. The molecule has 1 aliphatic heterocycles. The fraction of sp³-hybridized carbons (Fsp3) is 0.467. The summed E-state index contributed by atoms with van der Waals surface area (Å²) in [5.74, 6) is -0.155. The van der Waals surface area contributed by atoms with Crippen molar-refractivity contribution in [2.24, 2.45) is 0 Å². The van der Waals surface area contributed by atoms with Crippen molar-refractivity contribution < 1.29 is 4.39 Å². The second kappa shape index (κ2) is 5.11. The van der Waals surface area contributed by atoms with Gasteiger partial charge in [-0.05, 0) is 63.2 Å². The summed E-state index contributed by atoms with van der Waals surface area (Å²) in [6.45, 7) is 4.72. The molecule has 0 saturated carbocycles. The second-order valence-corrected chi connectivity index (χ2v) is 5.11. The zero-order valence-corrected chi connectivity index (χ0v) is 10.6. The van der Waals surface area contributed by atoms with E-state index in [1.165, 1.54) is 38.9 Å². The number of nitrogens with zero attached hydrogens (tertiary/aromatic N) is 2. The molecule has 1 saturated heterocycles. The standard InChI is InChI=1S/C15H19FN2/c16-14-4-5-15-13(12-14)6-11-18(15)10-3-9-17-7-1-2-8-17/h4-6,11-12H,1-3,7-10H2. The number of fused-ring (bicyclic) bond motifs is 1. The van der Waals surface area contributed by atoms with Crippen molar-refractivity contribution >= 4 is 10.9 Å². The van der Waals surface area contributed by atoms with Gasteiger partial charge in [-0.25, -0.2) is 4.39 Å². The average Bonchev–Trinajstić information content (AvgIpc) is 2.99. The number of benzene rings is 1. The molecule has 0 amide bonds. The summed E-state index contributed by atoms with van der Waals surface area (Å²) >= 11 is 0. The third kappa shape index (κ3) is 2.41. The highest BCUT2D eigenvalue weighted by molar-refractivity contribution is 5.80. The largest absolute Gasteiger partial charge is 0.347 e. The Morgan fingerprint density at radius 3 is 2.72 bits per heavy atom. The molecule has 2 nitrogen and oxygen atoms in total. The van der Waals surface area contributed by atoms with Crippen molar-refractivity contribution in [3.8, 4) is 0 Å². The summed E-state index contributed by atoms with van der Waals surface area (Å²) < 4.78 is 15.3. The minimum Gasteiger partial charge on any atom is -0.347 e. The van der Waals surface area contributed by atoms with Crippen LogP contribution in [0.4, 0.5) is 4.39 Å². The van der Waals surface area contributed by atoms with Crippen molar-refractivity contribution in [2.75, 3.05) is 19.6 Å². The van der Waals surface area contributed by atoms with Crippen molar-refractivity contribution in [3.05, 3.63) is 36.3 Å². The summed E-state index contributed by atoms with van der Waals surface area (Å²) in [6, 6.07) is 7.01. The Labute approximate surface area is 107 Å². The van der Waals surface area contributed by atoms with E-state index in [9.17, 15) is 4.39 Å². The zero-order valence-electron chi connectivity index (χ0n) is 10.6. The molecule has 18 heavy (non-hydrogen) atoms. The van der Waals surface area contributed by atoms with Gasteiger partial charge in [0.2, 0.25) is 0 Å². The molecule has 1 aliphatic rings. The third-order valence-electron chi connectivity index (χ3n) is 3.81. The summed E-state index contributed by atoms with van der Waals surface area (Å²) in [4.78, 5) is 2.53. The van der Waals surface area contributed by atoms with Gasteiger partial charge in [-0.3, -0.25) is 0 Å². The topological polar surface area (TPSA) is 8.17 Å². The molecule has 1 aromatic heterocycles. The van der Waals surface area contributed by atoms with Crippen LogP contribution in [-0.4, -0.2) is 29.1 Å². The van der Waals surface area contributed by atoms with Crippen molar-refractivity contribution in [3.63, 3.8) is 0 Å². The maximum atomic E-state index is 13.1. The molecule has 0 bridgehead atoms. The van der Waals surface area contributed by atoms with Crippen molar-refractivity contribution in [1.29, 1.82) is 0 Å². The first-order valence-corrected chi connectivity index (χ1v) is 6.80. The maximum absolute atomic E-state index is 13.1. The molecule has 1 fully saturated rings. The minimum absolute atomic E-state index is 0.155. The van der Waals surface area contributed by atoms with E-state index < -0.39 is 0 Å². The smallest absolute Gasteiger partial charge is 0.123 e. The summed E-state index contributed by atoms with van der Waals surface area (Å²) in [6.07, 6.45) is 5.94. The highest BCUT2D eigenvalue weighted by Crippen LogP contribution is 2.17. The molecule has 0 radical (unpaired) electrons. The first kappa shape index (κ1) is 11.7. The first-order valence-electron chi connectivity index (χ1n) is 6.80. The van der Waals surface area contributed by atoms with Crippen LogP contribution in [0.25, 0.3) is 10.9 Å². The van der Waals surface area contributed by atoms with Gasteiger partial charge in [0, 0.05) is 23.6 Å². The van der Waals surface area contributed by atoms with E-state index >= 15 is 0 Å². The van der Waals surface area contributed by atoms with E-state index in [2.05, 4.69) is 15.7 Å². The van der Waals surface area contributed by atoms with Crippen LogP contribution in [0.2, 0.25) is 0 Å². The van der Waals surface area contributed by atoms with Gasteiger partial charge in [-0.15, -0.1) is 0 Å². The van der Waals surface area contributed by atoms with E-state index in [1.807, 2.05) is 12.1 Å². The molecule has 1 aromatic carbocycles. The number of likely N-dealkylation sites (tertiary alicyclic amines) is 1. The molecular weight excluding hydrogens is 227 g/mol. The number of hydrogen-bond acceptors (Lipinski definition) is 1. The lowest BCUT2D eigenvalue weighted by Crippen LogP contribution is -2.21. The number of halogens is 1. The van der Waals surface area contributed by atoms with Gasteiger partial charge < -0.3 is 9.47 Å². The van der Waals surface area contributed by atoms with Crippen LogP contribution in [0, 0.1) is 5.82 Å². The molecule has 3 rings (SSSR count). The number of aryl methyl sites for hydroxylation is 1. The Morgan fingerprint density at radius 2 is 1.89 bits per heavy atom. The molecular formula is C15H19FN2. The Bertz CT molecular complexity index is 526. The van der Waals surface area contributed by atoms with Crippen LogP contribution in [0.15, 0.2) is 30.5 Å². The zero-order chi connectivity index (χ0) is 12.4. The number of aromatic nitrogens is 1. The fourth-order valence-electron chi connectivity index (χ4n) is 2.84. The van der Waals surface area contributed by atoms with E-state index in [1.54, 1.807) is 12.1 Å². The first-order chi connectivity index (χ1) is 8.83. The highest BCUT2D eigenvalue weighted by Gasteiger charge is 2.10. The van der Waals surface area contributed by atoms with E-state index in [-0.39, 0.29) is 5.82 Å². The molecule has 2 aromatic rings. The second-order valence-electron chi connectivity index (χ2n) is 5.11. The van der Waals surface area contributed by atoms with Crippen molar-refractivity contribution in [1.82, 2.24) is 9.47 Å².